The Morgan fingerprint density at radius 3 is 2.84 bits per heavy atom. The molecule has 0 bridgehead atoms. The molecule has 0 fully saturated rings. The summed E-state index contributed by atoms with van der Waals surface area (Å²) in [6.45, 7) is 2.60. The maximum atomic E-state index is 14.1. The van der Waals surface area contributed by atoms with E-state index in [2.05, 4.69) is 0 Å². The molecule has 7 heteroatoms. The first-order chi connectivity index (χ1) is 12.0. The molecule has 1 aromatic carbocycles. The number of halogens is 1. The lowest BCUT2D eigenvalue weighted by molar-refractivity contribution is -0.144. The van der Waals surface area contributed by atoms with Crippen molar-refractivity contribution in [2.24, 2.45) is 0 Å². The molecule has 1 aromatic heterocycles. The SMILES string of the molecule is CCC(=O)Oc1cc2c(s1)CCN(C(C(=O)O)c1ccccc1F)C2. The van der Waals surface area contributed by atoms with Crippen LogP contribution in [0.3, 0.4) is 0 Å². The third kappa shape index (κ3) is 3.72. The number of esters is 1. The highest BCUT2D eigenvalue weighted by molar-refractivity contribution is 7.14. The molecule has 1 unspecified atom stereocenters. The summed E-state index contributed by atoms with van der Waals surface area (Å²) in [4.78, 5) is 26.0. The summed E-state index contributed by atoms with van der Waals surface area (Å²) in [5, 5.41) is 10.2. The van der Waals surface area contributed by atoms with Crippen molar-refractivity contribution >= 4 is 23.3 Å². The van der Waals surface area contributed by atoms with Gasteiger partial charge in [0.05, 0.1) is 0 Å². The van der Waals surface area contributed by atoms with Gasteiger partial charge in [0.1, 0.15) is 11.9 Å². The average Bonchev–Trinajstić information content (AvgIpc) is 2.98. The monoisotopic (exact) mass is 363 g/mol. The van der Waals surface area contributed by atoms with Gasteiger partial charge in [0, 0.05) is 30.0 Å². The number of rotatable bonds is 5. The van der Waals surface area contributed by atoms with Crippen LogP contribution >= 0.6 is 11.3 Å². The zero-order valence-corrected chi connectivity index (χ0v) is 14.5. The van der Waals surface area contributed by atoms with Crippen molar-refractivity contribution in [3.05, 3.63) is 52.2 Å². The van der Waals surface area contributed by atoms with Crippen molar-refractivity contribution in [3.63, 3.8) is 0 Å². The molecule has 0 radical (unpaired) electrons. The molecule has 1 aliphatic heterocycles. The Morgan fingerprint density at radius 2 is 2.16 bits per heavy atom. The maximum absolute atomic E-state index is 14.1. The number of carboxylic acids is 1. The fraction of sp³-hybridized carbons (Fsp3) is 0.333. The molecule has 0 saturated heterocycles. The summed E-state index contributed by atoms with van der Waals surface area (Å²) in [5.41, 5.74) is 1.09. The minimum atomic E-state index is -1.08. The number of thiophene rings is 1. The Bertz CT molecular complexity index is 804. The van der Waals surface area contributed by atoms with Gasteiger partial charge in [-0.3, -0.25) is 14.5 Å². The number of aliphatic carboxylic acids is 1. The van der Waals surface area contributed by atoms with E-state index in [0.29, 0.717) is 31.0 Å². The third-order valence-electron chi connectivity index (χ3n) is 4.18. The fourth-order valence-corrected chi connectivity index (χ4v) is 3.99. The van der Waals surface area contributed by atoms with Crippen LogP contribution in [-0.4, -0.2) is 28.5 Å². The molecule has 0 aliphatic carbocycles. The van der Waals surface area contributed by atoms with Gasteiger partial charge in [-0.25, -0.2) is 4.39 Å². The molecule has 25 heavy (non-hydrogen) atoms. The highest BCUT2D eigenvalue weighted by atomic mass is 32.1. The molecule has 1 aliphatic rings. The number of benzene rings is 1. The Balaban J connectivity index is 1.84. The van der Waals surface area contributed by atoms with Gasteiger partial charge >= 0.3 is 11.9 Å². The molecule has 5 nitrogen and oxygen atoms in total. The summed E-state index contributed by atoms with van der Waals surface area (Å²) < 4.78 is 19.3. The highest BCUT2D eigenvalue weighted by Gasteiger charge is 2.33. The average molecular weight is 363 g/mol. The van der Waals surface area contributed by atoms with Crippen molar-refractivity contribution in [1.29, 1.82) is 0 Å². The van der Waals surface area contributed by atoms with E-state index < -0.39 is 17.8 Å². The first-order valence-electron chi connectivity index (χ1n) is 8.03. The van der Waals surface area contributed by atoms with Gasteiger partial charge < -0.3 is 9.84 Å². The normalized spacial score (nSPS) is 15.4. The van der Waals surface area contributed by atoms with Crippen LogP contribution in [0.15, 0.2) is 30.3 Å². The van der Waals surface area contributed by atoms with Gasteiger partial charge in [-0.1, -0.05) is 25.1 Å². The van der Waals surface area contributed by atoms with E-state index in [1.54, 1.807) is 30.0 Å². The summed E-state index contributed by atoms with van der Waals surface area (Å²) in [5.74, 6) is -1.91. The summed E-state index contributed by atoms with van der Waals surface area (Å²) in [6.07, 6.45) is 0.935. The standard InChI is InChI=1S/C18H18FNO4S/c1-2-15(21)24-16-9-11-10-20(8-7-14(11)25-16)17(18(22)23)12-5-3-4-6-13(12)19/h3-6,9,17H,2,7-8,10H2,1H3,(H,22,23). The van der Waals surface area contributed by atoms with Crippen LogP contribution in [-0.2, 0) is 22.6 Å². The number of carboxylic acid groups (broad SMARTS) is 1. The summed E-state index contributed by atoms with van der Waals surface area (Å²) >= 11 is 1.41. The van der Waals surface area contributed by atoms with Gasteiger partial charge in [0.15, 0.2) is 5.06 Å². The lowest BCUT2D eigenvalue weighted by Gasteiger charge is -2.32. The van der Waals surface area contributed by atoms with E-state index in [4.69, 9.17) is 4.74 Å². The highest BCUT2D eigenvalue weighted by Crippen LogP contribution is 2.36. The second kappa shape index (κ2) is 7.33. The van der Waals surface area contributed by atoms with Crippen molar-refractivity contribution in [2.45, 2.75) is 32.4 Å². The third-order valence-corrected chi connectivity index (χ3v) is 5.29. The van der Waals surface area contributed by atoms with Crippen LogP contribution in [0.4, 0.5) is 4.39 Å². The van der Waals surface area contributed by atoms with E-state index in [1.165, 1.54) is 23.5 Å². The van der Waals surface area contributed by atoms with E-state index in [-0.39, 0.29) is 11.5 Å². The lowest BCUT2D eigenvalue weighted by atomic mass is 10.0. The quantitative estimate of drug-likeness (QED) is 0.825. The zero-order chi connectivity index (χ0) is 18.0. The molecule has 3 rings (SSSR count). The van der Waals surface area contributed by atoms with Crippen LogP contribution in [0.5, 0.6) is 5.06 Å². The number of ether oxygens (including phenoxy) is 1. The molecule has 0 spiro atoms. The van der Waals surface area contributed by atoms with Crippen molar-refractivity contribution in [2.75, 3.05) is 6.54 Å². The predicted molar refractivity (Wildman–Crippen MR) is 91.1 cm³/mol. The molecule has 2 heterocycles. The second-order valence-corrected chi connectivity index (χ2v) is 6.92. The smallest absolute Gasteiger partial charge is 0.325 e. The molecule has 1 atom stereocenters. The maximum Gasteiger partial charge on any atom is 0.325 e. The molecule has 132 valence electrons. The lowest BCUT2D eigenvalue weighted by Crippen LogP contribution is -2.38. The largest absolute Gasteiger partial charge is 0.480 e. The first kappa shape index (κ1) is 17.6. The van der Waals surface area contributed by atoms with E-state index >= 15 is 0 Å². The predicted octanol–water partition coefficient (Wildman–Crippen LogP) is 3.39. The van der Waals surface area contributed by atoms with Crippen molar-refractivity contribution in [3.8, 4) is 5.06 Å². The zero-order valence-electron chi connectivity index (χ0n) is 13.7. The van der Waals surface area contributed by atoms with Gasteiger partial charge in [0.25, 0.3) is 0 Å². The van der Waals surface area contributed by atoms with Crippen LogP contribution in [0.1, 0.15) is 35.4 Å². The van der Waals surface area contributed by atoms with Crippen LogP contribution in [0.2, 0.25) is 0 Å². The van der Waals surface area contributed by atoms with Gasteiger partial charge in [0.2, 0.25) is 0 Å². The number of hydrogen-bond acceptors (Lipinski definition) is 5. The number of nitrogens with zero attached hydrogens (tertiary/aromatic N) is 1. The van der Waals surface area contributed by atoms with Gasteiger partial charge in [-0.05, 0) is 24.1 Å². The molecule has 1 N–H and O–H groups in total. The van der Waals surface area contributed by atoms with Gasteiger partial charge in [-0.15, -0.1) is 11.3 Å². The molecule has 2 aromatic rings. The molecule has 0 saturated carbocycles. The van der Waals surface area contributed by atoms with E-state index in [9.17, 15) is 19.1 Å². The van der Waals surface area contributed by atoms with E-state index in [0.717, 1.165) is 10.4 Å². The minimum absolute atomic E-state index is 0.159. The van der Waals surface area contributed by atoms with Crippen LogP contribution in [0.25, 0.3) is 0 Å². The Morgan fingerprint density at radius 1 is 1.40 bits per heavy atom. The molecular weight excluding hydrogens is 345 g/mol. The van der Waals surface area contributed by atoms with E-state index in [1.807, 2.05) is 0 Å². The van der Waals surface area contributed by atoms with Crippen LogP contribution in [0, 0.1) is 5.82 Å². The van der Waals surface area contributed by atoms with Crippen LogP contribution < -0.4 is 4.74 Å². The van der Waals surface area contributed by atoms with Crippen molar-refractivity contribution in [1.82, 2.24) is 4.90 Å². The number of hydrogen-bond donors (Lipinski definition) is 1. The molecule has 0 amide bonds. The number of fused-ring (bicyclic) bond motifs is 1. The summed E-state index contributed by atoms with van der Waals surface area (Å²) in [6, 6.07) is 6.69. The number of carbonyl (C=O) groups excluding carboxylic acids is 1. The van der Waals surface area contributed by atoms with Crippen molar-refractivity contribution < 1.29 is 23.8 Å². The van der Waals surface area contributed by atoms with Gasteiger partial charge in [-0.2, -0.15) is 0 Å². The Kier molecular flexibility index (Phi) is 5.15. The fourth-order valence-electron chi connectivity index (χ4n) is 2.97. The first-order valence-corrected chi connectivity index (χ1v) is 8.84. The summed E-state index contributed by atoms with van der Waals surface area (Å²) in [7, 11) is 0. The second-order valence-electron chi connectivity index (χ2n) is 5.82. The number of carbonyl (C=O) groups is 2. The topological polar surface area (TPSA) is 66.8 Å². The Hall–Kier alpha value is -2.25. The molecular formula is C18H18FNO4S. The Labute approximate surface area is 148 Å². The minimum Gasteiger partial charge on any atom is -0.480 e.